The molecule has 0 spiro atoms. The molecule has 0 bridgehead atoms. The van der Waals surface area contributed by atoms with E-state index >= 15 is 0 Å². The van der Waals surface area contributed by atoms with E-state index in [-0.39, 0.29) is 6.10 Å². The van der Waals surface area contributed by atoms with E-state index in [2.05, 4.69) is 78.3 Å². The van der Waals surface area contributed by atoms with E-state index in [4.69, 9.17) is 9.47 Å². The molecule has 166 valence electrons. The third-order valence-corrected chi connectivity index (χ3v) is 6.56. The summed E-state index contributed by atoms with van der Waals surface area (Å²) in [5, 5.41) is 3.49. The standard InChI is InChI=1S/C28H31NO2S/c1-32-26-15-9-23(10-16-26)21-31-28-20-29-18-17-27(28)24-11-13-25(14-12-24)30-19-5-8-22-6-3-2-4-7-22/h2-16,27-29H,17-21H2,1H3/b8-5+. The van der Waals surface area contributed by atoms with E-state index < -0.39 is 0 Å². The van der Waals surface area contributed by atoms with Gasteiger partial charge in [0.05, 0.1) is 12.7 Å². The molecule has 3 nitrogen and oxygen atoms in total. The zero-order valence-corrected chi connectivity index (χ0v) is 19.4. The van der Waals surface area contributed by atoms with Gasteiger partial charge in [-0.3, -0.25) is 0 Å². The van der Waals surface area contributed by atoms with Crippen molar-refractivity contribution in [2.24, 2.45) is 0 Å². The van der Waals surface area contributed by atoms with Crippen LogP contribution in [0.1, 0.15) is 29.0 Å². The van der Waals surface area contributed by atoms with Crippen LogP contribution < -0.4 is 10.1 Å². The fourth-order valence-electron chi connectivity index (χ4n) is 4.02. The monoisotopic (exact) mass is 445 g/mol. The van der Waals surface area contributed by atoms with E-state index in [1.165, 1.54) is 21.6 Å². The van der Waals surface area contributed by atoms with Crippen LogP contribution in [0.3, 0.4) is 0 Å². The van der Waals surface area contributed by atoms with Crippen molar-refractivity contribution in [2.75, 3.05) is 26.0 Å². The molecule has 0 aromatic heterocycles. The normalized spacial score (nSPS) is 18.7. The molecule has 2 unspecified atom stereocenters. The maximum Gasteiger partial charge on any atom is 0.119 e. The SMILES string of the molecule is CSc1ccc(COC2CNCCC2c2ccc(OC/C=C/c3ccccc3)cc2)cc1. The summed E-state index contributed by atoms with van der Waals surface area (Å²) in [7, 11) is 0. The van der Waals surface area contributed by atoms with Crippen molar-refractivity contribution in [3.05, 3.63) is 102 Å². The highest BCUT2D eigenvalue weighted by Crippen LogP contribution is 2.30. The van der Waals surface area contributed by atoms with Gasteiger partial charge in [0.25, 0.3) is 0 Å². The number of hydrogen-bond donors (Lipinski definition) is 1. The van der Waals surface area contributed by atoms with Crippen LogP contribution in [-0.4, -0.2) is 32.1 Å². The minimum absolute atomic E-state index is 0.171. The van der Waals surface area contributed by atoms with Gasteiger partial charge in [-0.2, -0.15) is 0 Å². The first-order valence-electron chi connectivity index (χ1n) is 11.2. The molecule has 0 aliphatic carbocycles. The van der Waals surface area contributed by atoms with Gasteiger partial charge in [0.15, 0.2) is 0 Å². The molecule has 2 atom stereocenters. The van der Waals surface area contributed by atoms with Crippen molar-refractivity contribution in [3.63, 3.8) is 0 Å². The van der Waals surface area contributed by atoms with Crippen LogP contribution >= 0.6 is 11.8 Å². The molecular formula is C28H31NO2S. The molecule has 1 fully saturated rings. The Labute approximate surface area is 195 Å². The number of ether oxygens (including phenoxy) is 2. The summed E-state index contributed by atoms with van der Waals surface area (Å²) in [6.07, 6.45) is 7.48. The lowest BCUT2D eigenvalue weighted by molar-refractivity contribution is 0.0106. The van der Waals surface area contributed by atoms with Crippen molar-refractivity contribution in [1.29, 1.82) is 0 Å². The first-order valence-corrected chi connectivity index (χ1v) is 12.4. The Morgan fingerprint density at radius 2 is 1.75 bits per heavy atom. The number of nitrogens with one attached hydrogen (secondary N) is 1. The number of thioether (sulfide) groups is 1. The molecule has 1 aliphatic heterocycles. The van der Waals surface area contributed by atoms with Gasteiger partial charge < -0.3 is 14.8 Å². The highest BCUT2D eigenvalue weighted by molar-refractivity contribution is 7.98. The number of hydrogen-bond acceptors (Lipinski definition) is 4. The van der Waals surface area contributed by atoms with Gasteiger partial charge in [-0.05, 0) is 66.3 Å². The molecule has 1 N–H and O–H groups in total. The molecule has 4 rings (SSSR count). The third-order valence-electron chi connectivity index (χ3n) is 5.81. The molecule has 1 heterocycles. The van der Waals surface area contributed by atoms with E-state index in [0.717, 1.165) is 25.3 Å². The summed E-state index contributed by atoms with van der Waals surface area (Å²) in [5.74, 6) is 1.29. The van der Waals surface area contributed by atoms with E-state index in [1.807, 2.05) is 24.3 Å². The Morgan fingerprint density at radius 3 is 2.50 bits per heavy atom. The van der Waals surface area contributed by atoms with E-state index in [1.54, 1.807) is 11.8 Å². The second kappa shape index (κ2) is 11.9. The quantitative estimate of drug-likeness (QED) is 0.399. The number of rotatable bonds is 9. The summed E-state index contributed by atoms with van der Waals surface area (Å²) >= 11 is 1.76. The van der Waals surface area contributed by atoms with Gasteiger partial charge >= 0.3 is 0 Å². The molecule has 0 saturated carbocycles. The van der Waals surface area contributed by atoms with Crippen LogP contribution in [0.25, 0.3) is 6.08 Å². The van der Waals surface area contributed by atoms with E-state index in [0.29, 0.717) is 19.1 Å². The average Bonchev–Trinajstić information content (AvgIpc) is 2.87. The topological polar surface area (TPSA) is 30.5 Å². The Hall–Kier alpha value is -2.53. The Morgan fingerprint density at radius 1 is 0.969 bits per heavy atom. The third kappa shape index (κ3) is 6.49. The maximum absolute atomic E-state index is 6.35. The first kappa shape index (κ1) is 22.7. The zero-order valence-electron chi connectivity index (χ0n) is 18.6. The van der Waals surface area contributed by atoms with Crippen LogP contribution in [0.2, 0.25) is 0 Å². The minimum atomic E-state index is 0.171. The zero-order chi connectivity index (χ0) is 22.0. The fraction of sp³-hybridized carbons (Fsp3) is 0.286. The lowest BCUT2D eigenvalue weighted by Gasteiger charge is -2.32. The van der Waals surface area contributed by atoms with E-state index in [9.17, 15) is 0 Å². The first-order chi connectivity index (χ1) is 15.8. The Bertz CT molecular complexity index is 971. The van der Waals surface area contributed by atoms with Crippen molar-refractivity contribution >= 4 is 17.8 Å². The maximum atomic E-state index is 6.35. The fourth-order valence-corrected chi connectivity index (χ4v) is 4.42. The second-order valence-corrected chi connectivity index (χ2v) is 8.87. The summed E-state index contributed by atoms with van der Waals surface area (Å²) in [6, 6.07) is 27.5. The van der Waals surface area contributed by atoms with Gasteiger partial charge in [0, 0.05) is 17.4 Å². The molecular weight excluding hydrogens is 414 g/mol. The van der Waals surface area contributed by atoms with Crippen LogP contribution in [0, 0.1) is 0 Å². The second-order valence-electron chi connectivity index (χ2n) is 7.99. The molecule has 1 saturated heterocycles. The Balaban J connectivity index is 1.31. The van der Waals surface area contributed by atoms with Crippen LogP contribution in [0.15, 0.2) is 89.8 Å². The van der Waals surface area contributed by atoms with Crippen molar-refractivity contribution < 1.29 is 9.47 Å². The summed E-state index contributed by atoms with van der Waals surface area (Å²) in [5.41, 5.74) is 3.73. The molecule has 0 radical (unpaired) electrons. The van der Waals surface area contributed by atoms with Crippen molar-refractivity contribution in [2.45, 2.75) is 29.9 Å². The lowest BCUT2D eigenvalue weighted by Crippen LogP contribution is -2.40. The average molecular weight is 446 g/mol. The van der Waals surface area contributed by atoms with Gasteiger partial charge in [-0.15, -0.1) is 11.8 Å². The predicted molar refractivity (Wildman–Crippen MR) is 134 cm³/mol. The highest BCUT2D eigenvalue weighted by Gasteiger charge is 2.27. The minimum Gasteiger partial charge on any atom is -0.490 e. The summed E-state index contributed by atoms with van der Waals surface area (Å²) < 4.78 is 12.2. The van der Waals surface area contributed by atoms with Gasteiger partial charge in [-0.1, -0.05) is 60.7 Å². The van der Waals surface area contributed by atoms with Crippen molar-refractivity contribution in [3.8, 4) is 5.75 Å². The molecule has 32 heavy (non-hydrogen) atoms. The molecule has 3 aromatic carbocycles. The van der Waals surface area contributed by atoms with Gasteiger partial charge in [0.2, 0.25) is 0 Å². The largest absolute Gasteiger partial charge is 0.490 e. The van der Waals surface area contributed by atoms with Gasteiger partial charge in [0.1, 0.15) is 12.4 Å². The van der Waals surface area contributed by atoms with Crippen LogP contribution in [-0.2, 0) is 11.3 Å². The highest BCUT2D eigenvalue weighted by atomic mass is 32.2. The molecule has 4 heteroatoms. The summed E-state index contributed by atoms with van der Waals surface area (Å²) in [4.78, 5) is 1.28. The van der Waals surface area contributed by atoms with Crippen molar-refractivity contribution in [1.82, 2.24) is 5.32 Å². The molecule has 1 aliphatic rings. The Kier molecular flexibility index (Phi) is 8.43. The number of benzene rings is 3. The molecule has 3 aromatic rings. The van der Waals surface area contributed by atoms with Crippen LogP contribution in [0.5, 0.6) is 5.75 Å². The smallest absolute Gasteiger partial charge is 0.119 e. The predicted octanol–water partition coefficient (Wildman–Crippen LogP) is 6.16. The lowest BCUT2D eigenvalue weighted by atomic mass is 9.87. The van der Waals surface area contributed by atoms with Gasteiger partial charge in [-0.25, -0.2) is 0 Å². The number of piperidine rings is 1. The molecule has 0 amide bonds. The summed E-state index contributed by atoms with van der Waals surface area (Å²) in [6.45, 7) is 3.11. The van der Waals surface area contributed by atoms with Crippen LogP contribution in [0.4, 0.5) is 0 Å².